The molecule has 0 bridgehead atoms. The second kappa shape index (κ2) is 9.52. The lowest BCUT2D eigenvalue weighted by atomic mass is 10.2. The van der Waals surface area contributed by atoms with Gasteiger partial charge in [0.15, 0.2) is 0 Å². The first-order chi connectivity index (χ1) is 16.0. The summed E-state index contributed by atoms with van der Waals surface area (Å²) in [4.78, 5) is 39.0. The number of rotatable bonds is 7. The van der Waals surface area contributed by atoms with Crippen LogP contribution in [0.2, 0.25) is 0 Å². The normalized spacial score (nSPS) is 10.4. The number of nitro groups is 1. The minimum atomic E-state index is -0.481. The largest absolute Gasteiger partial charge is 0.348 e. The minimum Gasteiger partial charge on any atom is -0.348 e. The van der Waals surface area contributed by atoms with Crippen LogP contribution in [0.15, 0.2) is 85.5 Å². The molecule has 2 N–H and O–H groups in total. The Hall–Kier alpha value is -4.86. The summed E-state index contributed by atoms with van der Waals surface area (Å²) in [7, 11) is 0. The van der Waals surface area contributed by atoms with Gasteiger partial charge in [-0.3, -0.25) is 24.7 Å². The van der Waals surface area contributed by atoms with Gasteiger partial charge in [-0.15, -0.1) is 0 Å². The molecule has 2 amide bonds. The van der Waals surface area contributed by atoms with E-state index in [1.807, 2.05) is 6.07 Å². The van der Waals surface area contributed by atoms with Gasteiger partial charge in [0.05, 0.1) is 22.4 Å². The molecule has 0 aliphatic heterocycles. The smallest absolute Gasteiger partial charge is 0.269 e. The van der Waals surface area contributed by atoms with Gasteiger partial charge in [-0.25, -0.2) is 4.68 Å². The van der Waals surface area contributed by atoms with Gasteiger partial charge in [-0.1, -0.05) is 12.1 Å². The monoisotopic (exact) mass is 442 g/mol. The van der Waals surface area contributed by atoms with Gasteiger partial charge >= 0.3 is 0 Å². The molecule has 0 unspecified atom stereocenters. The number of amides is 2. The predicted molar refractivity (Wildman–Crippen MR) is 120 cm³/mol. The van der Waals surface area contributed by atoms with E-state index in [1.54, 1.807) is 61.1 Å². The van der Waals surface area contributed by atoms with Gasteiger partial charge < -0.3 is 10.6 Å². The van der Waals surface area contributed by atoms with Crippen LogP contribution in [-0.2, 0) is 6.54 Å². The average Bonchev–Trinajstić information content (AvgIpc) is 3.34. The predicted octanol–water partition coefficient (Wildman–Crippen LogP) is 3.36. The topological polar surface area (TPSA) is 132 Å². The van der Waals surface area contributed by atoms with Crippen LogP contribution in [0.3, 0.4) is 0 Å². The number of carbonyl (C=O) groups excluding carboxylic acids is 2. The third-order valence-electron chi connectivity index (χ3n) is 4.75. The van der Waals surface area contributed by atoms with Crippen LogP contribution in [-0.4, -0.2) is 31.5 Å². The fourth-order valence-corrected chi connectivity index (χ4v) is 3.06. The summed E-state index contributed by atoms with van der Waals surface area (Å²) in [5.74, 6) is -0.577. The molecule has 10 heteroatoms. The lowest BCUT2D eigenvalue weighted by molar-refractivity contribution is -0.384. The van der Waals surface area contributed by atoms with E-state index in [-0.39, 0.29) is 24.0 Å². The molecule has 0 spiro atoms. The van der Waals surface area contributed by atoms with E-state index >= 15 is 0 Å². The molecule has 0 fully saturated rings. The van der Waals surface area contributed by atoms with E-state index in [0.717, 1.165) is 5.56 Å². The average molecular weight is 442 g/mol. The second-order valence-electron chi connectivity index (χ2n) is 7.02. The molecule has 164 valence electrons. The number of hydrogen-bond acceptors (Lipinski definition) is 6. The zero-order chi connectivity index (χ0) is 23.2. The van der Waals surface area contributed by atoms with Crippen molar-refractivity contribution in [3.63, 3.8) is 0 Å². The number of nitro benzene ring substituents is 1. The van der Waals surface area contributed by atoms with Crippen molar-refractivity contribution in [1.29, 1.82) is 0 Å². The molecule has 4 rings (SSSR count). The first-order valence-electron chi connectivity index (χ1n) is 9.87. The Morgan fingerprint density at radius 1 is 0.970 bits per heavy atom. The summed E-state index contributed by atoms with van der Waals surface area (Å²) in [6.45, 7) is 0.251. The SMILES string of the molecule is O=C(NCc1cccc(NC(=O)c2ccncc2)c1)c1cnn(-c2ccc([N+](=O)[O-])cc2)c1. The molecule has 0 atom stereocenters. The van der Waals surface area contributed by atoms with Crippen molar-refractivity contribution >= 4 is 23.2 Å². The highest BCUT2D eigenvalue weighted by molar-refractivity contribution is 6.04. The van der Waals surface area contributed by atoms with Gasteiger partial charge in [0.1, 0.15) is 0 Å². The van der Waals surface area contributed by atoms with Gasteiger partial charge in [-0.2, -0.15) is 5.10 Å². The van der Waals surface area contributed by atoms with E-state index in [9.17, 15) is 19.7 Å². The Morgan fingerprint density at radius 3 is 2.45 bits per heavy atom. The number of anilines is 1. The van der Waals surface area contributed by atoms with Gasteiger partial charge in [-0.05, 0) is 42.0 Å². The molecule has 0 radical (unpaired) electrons. The summed E-state index contributed by atoms with van der Waals surface area (Å²) in [5.41, 5.74) is 2.82. The molecule has 4 aromatic rings. The van der Waals surface area contributed by atoms with Gasteiger partial charge in [0, 0.05) is 48.5 Å². The molecule has 2 heterocycles. The Bertz CT molecular complexity index is 1300. The maximum Gasteiger partial charge on any atom is 0.269 e. The Labute approximate surface area is 188 Å². The molecule has 0 aliphatic rings. The number of nitrogens with zero attached hydrogens (tertiary/aromatic N) is 4. The fourth-order valence-electron chi connectivity index (χ4n) is 3.06. The zero-order valence-corrected chi connectivity index (χ0v) is 17.2. The lowest BCUT2D eigenvalue weighted by Gasteiger charge is -2.08. The molecular formula is C23H18N6O4. The minimum absolute atomic E-state index is 0.0249. The van der Waals surface area contributed by atoms with Gasteiger partial charge in [0.25, 0.3) is 17.5 Å². The van der Waals surface area contributed by atoms with E-state index in [1.165, 1.54) is 23.0 Å². The highest BCUT2D eigenvalue weighted by atomic mass is 16.6. The first kappa shape index (κ1) is 21.4. The van der Waals surface area contributed by atoms with Crippen molar-refractivity contribution in [2.45, 2.75) is 6.54 Å². The Balaban J connectivity index is 1.37. The third kappa shape index (κ3) is 5.25. The van der Waals surface area contributed by atoms with E-state index in [2.05, 4.69) is 20.7 Å². The van der Waals surface area contributed by atoms with Crippen LogP contribution in [0, 0.1) is 10.1 Å². The first-order valence-corrected chi connectivity index (χ1v) is 9.87. The Morgan fingerprint density at radius 2 is 1.73 bits per heavy atom. The number of non-ortho nitro benzene ring substituents is 1. The van der Waals surface area contributed by atoms with Gasteiger partial charge in [0.2, 0.25) is 0 Å². The second-order valence-corrected chi connectivity index (χ2v) is 7.02. The van der Waals surface area contributed by atoms with Crippen LogP contribution in [0.1, 0.15) is 26.3 Å². The van der Waals surface area contributed by atoms with Crippen LogP contribution in [0.5, 0.6) is 0 Å². The van der Waals surface area contributed by atoms with Crippen molar-refractivity contribution in [2.24, 2.45) is 0 Å². The summed E-state index contributed by atoms with van der Waals surface area (Å²) >= 11 is 0. The third-order valence-corrected chi connectivity index (χ3v) is 4.75. The molecule has 2 aromatic carbocycles. The van der Waals surface area contributed by atoms with E-state index < -0.39 is 4.92 Å². The van der Waals surface area contributed by atoms with E-state index in [4.69, 9.17) is 0 Å². The fraction of sp³-hybridized carbons (Fsp3) is 0.0435. The van der Waals surface area contributed by atoms with Crippen LogP contribution >= 0.6 is 0 Å². The Kier molecular flexibility index (Phi) is 6.17. The zero-order valence-electron chi connectivity index (χ0n) is 17.2. The molecule has 0 saturated heterocycles. The van der Waals surface area contributed by atoms with Crippen LogP contribution in [0.4, 0.5) is 11.4 Å². The van der Waals surface area contributed by atoms with Crippen molar-refractivity contribution < 1.29 is 14.5 Å². The maximum atomic E-state index is 12.5. The van der Waals surface area contributed by atoms with Crippen molar-refractivity contribution in [2.75, 3.05) is 5.32 Å². The molecule has 10 nitrogen and oxygen atoms in total. The molecule has 0 saturated carbocycles. The maximum absolute atomic E-state index is 12.5. The number of pyridine rings is 1. The molecule has 2 aromatic heterocycles. The summed E-state index contributed by atoms with van der Waals surface area (Å²) in [6, 6.07) is 16.3. The van der Waals surface area contributed by atoms with Crippen molar-refractivity contribution in [3.05, 3.63) is 112 Å². The number of hydrogen-bond donors (Lipinski definition) is 2. The van der Waals surface area contributed by atoms with Crippen molar-refractivity contribution in [1.82, 2.24) is 20.1 Å². The summed E-state index contributed by atoms with van der Waals surface area (Å²) in [6.07, 6.45) is 6.05. The molecule has 0 aliphatic carbocycles. The highest BCUT2D eigenvalue weighted by Crippen LogP contribution is 2.16. The number of aromatic nitrogens is 3. The molecule has 33 heavy (non-hydrogen) atoms. The van der Waals surface area contributed by atoms with Crippen molar-refractivity contribution in [3.8, 4) is 5.69 Å². The van der Waals surface area contributed by atoms with E-state index in [0.29, 0.717) is 22.5 Å². The van der Waals surface area contributed by atoms with Crippen LogP contribution in [0.25, 0.3) is 5.69 Å². The number of carbonyl (C=O) groups is 2. The summed E-state index contributed by atoms with van der Waals surface area (Å²) < 4.78 is 1.47. The number of nitrogens with one attached hydrogen (secondary N) is 2. The standard InChI is InChI=1S/C23H18N6O4/c30-22(18-14-26-28(15-18)20-4-6-21(7-5-20)29(32)33)25-13-16-2-1-3-19(12-16)27-23(31)17-8-10-24-11-9-17/h1-12,14-15H,13H2,(H,25,30)(H,27,31). The highest BCUT2D eigenvalue weighted by Gasteiger charge is 2.11. The number of benzene rings is 2. The van der Waals surface area contributed by atoms with Crippen LogP contribution < -0.4 is 10.6 Å². The lowest BCUT2D eigenvalue weighted by Crippen LogP contribution is -2.22. The molecular weight excluding hydrogens is 424 g/mol. The summed E-state index contributed by atoms with van der Waals surface area (Å²) in [5, 5.41) is 20.6. The quantitative estimate of drug-likeness (QED) is 0.333.